The number of ether oxygens (including phenoxy) is 2. The zero-order chi connectivity index (χ0) is 19.2. The molecule has 27 heavy (non-hydrogen) atoms. The van der Waals surface area contributed by atoms with E-state index in [0.717, 1.165) is 37.1 Å². The molecule has 0 aromatic heterocycles. The molecule has 148 valence electrons. The lowest BCUT2D eigenvalue weighted by Gasteiger charge is -2.38. The summed E-state index contributed by atoms with van der Waals surface area (Å²) in [6.07, 6.45) is 2.91. The number of aryl methyl sites for hydroxylation is 1. The Bertz CT molecular complexity index is 643. The first-order valence-electron chi connectivity index (χ1n) is 9.60. The van der Waals surface area contributed by atoms with Gasteiger partial charge in [-0.3, -0.25) is 14.5 Å². The van der Waals surface area contributed by atoms with E-state index < -0.39 is 0 Å². The second-order valence-corrected chi connectivity index (χ2v) is 7.31. The summed E-state index contributed by atoms with van der Waals surface area (Å²) in [4.78, 5) is 28.5. The highest BCUT2D eigenvalue weighted by atomic mass is 16.7. The predicted molar refractivity (Wildman–Crippen MR) is 102 cm³/mol. The molecule has 0 saturated carbocycles. The van der Waals surface area contributed by atoms with Gasteiger partial charge in [0.2, 0.25) is 11.8 Å². The fourth-order valence-corrected chi connectivity index (χ4v) is 3.56. The number of piperidine rings is 1. The minimum absolute atomic E-state index is 0.0294. The highest BCUT2D eigenvalue weighted by molar-refractivity contribution is 5.94. The van der Waals surface area contributed by atoms with Gasteiger partial charge in [0.1, 0.15) is 0 Å². The first-order chi connectivity index (χ1) is 13.0. The third kappa shape index (κ3) is 5.51. The SMILES string of the molecule is Cc1ccc(NC(=O)CN(C)C(=O)CN2CCCCC2C2OCCO2)cc1. The standard InChI is InChI=1S/C20H29N3O4/c1-15-6-8-16(9-7-15)21-18(24)13-22(2)19(25)14-23-10-4-3-5-17(23)20-26-11-12-27-20/h6-9,17,20H,3-5,10-14H2,1-2H3,(H,21,24). The topological polar surface area (TPSA) is 71.1 Å². The molecular weight excluding hydrogens is 346 g/mol. The average molecular weight is 375 g/mol. The zero-order valence-electron chi connectivity index (χ0n) is 16.1. The molecule has 2 saturated heterocycles. The monoisotopic (exact) mass is 375 g/mol. The van der Waals surface area contributed by atoms with E-state index in [2.05, 4.69) is 10.2 Å². The van der Waals surface area contributed by atoms with Gasteiger partial charge in [0, 0.05) is 12.7 Å². The van der Waals surface area contributed by atoms with Gasteiger partial charge in [-0.1, -0.05) is 24.1 Å². The summed E-state index contributed by atoms with van der Waals surface area (Å²) < 4.78 is 11.3. The average Bonchev–Trinajstić information content (AvgIpc) is 3.18. The fourth-order valence-electron chi connectivity index (χ4n) is 3.56. The van der Waals surface area contributed by atoms with Crippen LogP contribution >= 0.6 is 0 Å². The molecule has 0 aliphatic carbocycles. The summed E-state index contributed by atoms with van der Waals surface area (Å²) in [6.45, 7) is 4.38. The Morgan fingerprint density at radius 2 is 1.89 bits per heavy atom. The molecule has 3 rings (SSSR count). The molecular formula is C20H29N3O4. The van der Waals surface area contributed by atoms with E-state index in [0.29, 0.717) is 13.2 Å². The Labute approximate surface area is 160 Å². The highest BCUT2D eigenvalue weighted by Gasteiger charge is 2.34. The molecule has 2 amide bonds. The van der Waals surface area contributed by atoms with Crippen LogP contribution in [0.1, 0.15) is 24.8 Å². The first-order valence-corrected chi connectivity index (χ1v) is 9.60. The van der Waals surface area contributed by atoms with Gasteiger partial charge in [0.25, 0.3) is 0 Å². The number of nitrogens with zero attached hydrogens (tertiary/aromatic N) is 2. The third-order valence-electron chi connectivity index (χ3n) is 5.11. The lowest BCUT2D eigenvalue weighted by molar-refractivity contribution is -0.140. The van der Waals surface area contributed by atoms with E-state index in [9.17, 15) is 9.59 Å². The summed E-state index contributed by atoms with van der Waals surface area (Å²) in [5, 5.41) is 2.83. The fraction of sp³-hybridized carbons (Fsp3) is 0.600. The van der Waals surface area contributed by atoms with Crippen molar-refractivity contribution in [3.8, 4) is 0 Å². The van der Waals surface area contributed by atoms with Crippen LogP contribution in [0.25, 0.3) is 0 Å². The largest absolute Gasteiger partial charge is 0.349 e. The molecule has 0 spiro atoms. The van der Waals surface area contributed by atoms with Crippen molar-refractivity contribution in [1.29, 1.82) is 0 Å². The van der Waals surface area contributed by atoms with Crippen molar-refractivity contribution in [3.05, 3.63) is 29.8 Å². The second kappa shape index (κ2) is 9.30. The molecule has 1 aromatic carbocycles. The number of carbonyl (C=O) groups excluding carboxylic acids is 2. The van der Waals surface area contributed by atoms with Gasteiger partial charge in [0.15, 0.2) is 6.29 Å². The molecule has 1 aromatic rings. The number of nitrogens with one attached hydrogen (secondary N) is 1. The lowest BCUT2D eigenvalue weighted by Crippen LogP contribution is -2.51. The molecule has 2 aliphatic heterocycles. The molecule has 0 radical (unpaired) electrons. The van der Waals surface area contributed by atoms with Crippen LogP contribution in [0.4, 0.5) is 5.69 Å². The Morgan fingerprint density at radius 1 is 1.19 bits per heavy atom. The van der Waals surface area contributed by atoms with Crippen molar-refractivity contribution in [1.82, 2.24) is 9.80 Å². The van der Waals surface area contributed by atoms with Crippen LogP contribution in [0.3, 0.4) is 0 Å². The first kappa shape index (κ1) is 19.8. The second-order valence-electron chi connectivity index (χ2n) is 7.31. The van der Waals surface area contributed by atoms with Crippen molar-refractivity contribution in [2.24, 2.45) is 0 Å². The summed E-state index contributed by atoms with van der Waals surface area (Å²) in [5.41, 5.74) is 1.87. The van der Waals surface area contributed by atoms with E-state index >= 15 is 0 Å². The maximum Gasteiger partial charge on any atom is 0.243 e. The van der Waals surface area contributed by atoms with Crippen LogP contribution in [0, 0.1) is 6.92 Å². The number of carbonyl (C=O) groups is 2. The van der Waals surface area contributed by atoms with E-state index in [-0.39, 0.29) is 37.2 Å². The number of likely N-dealkylation sites (tertiary alicyclic amines) is 1. The lowest BCUT2D eigenvalue weighted by atomic mass is 10.0. The maximum atomic E-state index is 12.6. The number of hydrogen-bond acceptors (Lipinski definition) is 5. The molecule has 7 heteroatoms. The minimum Gasteiger partial charge on any atom is -0.349 e. The Kier molecular flexibility index (Phi) is 6.82. The van der Waals surface area contributed by atoms with Gasteiger partial charge in [0.05, 0.1) is 32.3 Å². The molecule has 2 fully saturated rings. The van der Waals surface area contributed by atoms with Crippen LogP contribution in [0.2, 0.25) is 0 Å². The van der Waals surface area contributed by atoms with E-state index in [4.69, 9.17) is 9.47 Å². The van der Waals surface area contributed by atoms with Gasteiger partial charge in [-0.25, -0.2) is 0 Å². The van der Waals surface area contributed by atoms with Crippen LogP contribution in [0.5, 0.6) is 0 Å². The van der Waals surface area contributed by atoms with Crippen LogP contribution in [0.15, 0.2) is 24.3 Å². The van der Waals surface area contributed by atoms with E-state index in [1.54, 1.807) is 7.05 Å². The van der Waals surface area contributed by atoms with Crippen molar-refractivity contribution in [2.75, 3.05) is 45.2 Å². The maximum absolute atomic E-state index is 12.6. The zero-order valence-corrected chi connectivity index (χ0v) is 16.1. The van der Waals surface area contributed by atoms with Gasteiger partial charge in [-0.05, 0) is 38.4 Å². The van der Waals surface area contributed by atoms with Crippen LogP contribution in [-0.2, 0) is 19.1 Å². The molecule has 2 heterocycles. The molecule has 7 nitrogen and oxygen atoms in total. The van der Waals surface area contributed by atoms with Gasteiger partial charge in [-0.15, -0.1) is 0 Å². The number of amides is 2. The van der Waals surface area contributed by atoms with Gasteiger partial charge < -0.3 is 19.7 Å². The molecule has 1 atom stereocenters. The van der Waals surface area contributed by atoms with E-state index in [1.165, 1.54) is 4.90 Å². The van der Waals surface area contributed by atoms with Crippen molar-refractivity contribution >= 4 is 17.5 Å². The van der Waals surface area contributed by atoms with Crippen molar-refractivity contribution in [3.63, 3.8) is 0 Å². The summed E-state index contributed by atoms with van der Waals surface area (Å²) in [7, 11) is 1.67. The summed E-state index contributed by atoms with van der Waals surface area (Å²) >= 11 is 0. The quantitative estimate of drug-likeness (QED) is 0.818. The molecule has 2 aliphatic rings. The van der Waals surface area contributed by atoms with Gasteiger partial charge >= 0.3 is 0 Å². The number of hydrogen-bond donors (Lipinski definition) is 1. The minimum atomic E-state index is -0.242. The number of benzene rings is 1. The summed E-state index contributed by atoms with van der Waals surface area (Å²) in [5.74, 6) is -0.272. The van der Waals surface area contributed by atoms with Crippen molar-refractivity contribution < 1.29 is 19.1 Å². The molecule has 1 N–H and O–H groups in total. The normalized spacial score (nSPS) is 21.2. The van der Waals surface area contributed by atoms with Crippen molar-refractivity contribution in [2.45, 2.75) is 38.5 Å². The smallest absolute Gasteiger partial charge is 0.243 e. The molecule has 0 bridgehead atoms. The summed E-state index contributed by atoms with van der Waals surface area (Å²) in [6, 6.07) is 7.70. The Balaban J connectivity index is 1.50. The predicted octanol–water partition coefficient (Wildman–Crippen LogP) is 1.62. The van der Waals surface area contributed by atoms with Crippen LogP contribution in [-0.4, -0.2) is 73.8 Å². The number of likely N-dealkylation sites (N-methyl/N-ethyl adjacent to an activating group) is 1. The molecule has 1 unspecified atom stereocenters. The number of rotatable bonds is 6. The Hall–Kier alpha value is -1.96. The van der Waals surface area contributed by atoms with Gasteiger partial charge in [-0.2, -0.15) is 0 Å². The van der Waals surface area contributed by atoms with E-state index in [1.807, 2.05) is 31.2 Å². The van der Waals surface area contributed by atoms with Crippen LogP contribution < -0.4 is 5.32 Å². The highest BCUT2D eigenvalue weighted by Crippen LogP contribution is 2.24. The third-order valence-corrected chi connectivity index (χ3v) is 5.11. The Morgan fingerprint density at radius 3 is 2.59 bits per heavy atom. The number of anilines is 1.